The van der Waals surface area contributed by atoms with E-state index in [1.165, 1.54) is 4.90 Å². The molecule has 3 aromatic carbocycles. The van der Waals surface area contributed by atoms with Crippen LogP contribution >= 0.6 is 0 Å². The van der Waals surface area contributed by atoms with Crippen molar-refractivity contribution in [1.29, 1.82) is 0 Å². The lowest BCUT2D eigenvalue weighted by Gasteiger charge is -2.36. The summed E-state index contributed by atoms with van der Waals surface area (Å²) in [5.41, 5.74) is 6.94. The van der Waals surface area contributed by atoms with Gasteiger partial charge < -0.3 is 4.98 Å². The summed E-state index contributed by atoms with van der Waals surface area (Å²) in [5, 5.41) is 1.10. The lowest BCUT2D eigenvalue weighted by atomic mass is 9.88. The van der Waals surface area contributed by atoms with Crippen LogP contribution in [-0.4, -0.2) is 37.7 Å². The molecule has 0 bridgehead atoms. The summed E-state index contributed by atoms with van der Waals surface area (Å²) in [5.74, 6) is -0.171. The van der Waals surface area contributed by atoms with Gasteiger partial charge in [-0.3, -0.25) is 19.6 Å². The first-order valence-electron chi connectivity index (χ1n) is 12.5. The van der Waals surface area contributed by atoms with Gasteiger partial charge in [-0.15, -0.1) is 0 Å². The predicted octanol–water partition coefficient (Wildman–Crippen LogP) is 5.71. The number of H-pyrrole nitrogens is 1. The number of pyridine rings is 1. The first kappa shape index (κ1) is 21.6. The summed E-state index contributed by atoms with van der Waals surface area (Å²) in [6.07, 6.45) is 2.17. The molecule has 7 rings (SSSR count). The van der Waals surface area contributed by atoms with E-state index in [-0.39, 0.29) is 18.5 Å². The number of benzene rings is 3. The molecule has 0 radical (unpaired) electrons. The Bertz CT molecular complexity index is 1640. The molecule has 3 amide bonds. The highest BCUT2D eigenvalue weighted by atomic mass is 16.2. The highest BCUT2D eigenvalue weighted by Gasteiger charge is 2.52. The third-order valence-corrected chi connectivity index (χ3v) is 7.49. The average Bonchev–Trinajstić information content (AvgIpc) is 3.44. The molecule has 180 valence electrons. The standard InChI is InChI=1S/C31H24N4O2/c36-30-27-18-25-24-14-4-5-15-26(24)33-28(25)29(22-12-8-11-21(17-22)20-9-2-1-3-10-20)35(27)31(37)34(30)19-23-13-6-7-16-32-23/h1-17,27,29,33H,18-19H2/t27-,29-/m0/s1. The number of hydrogen-bond acceptors (Lipinski definition) is 3. The number of hydrogen-bond donors (Lipinski definition) is 1. The molecular formula is C31H24N4O2. The number of amides is 3. The van der Waals surface area contributed by atoms with Gasteiger partial charge >= 0.3 is 6.03 Å². The lowest BCUT2D eigenvalue weighted by molar-refractivity contribution is -0.129. The normalized spacial score (nSPS) is 18.8. The van der Waals surface area contributed by atoms with Crippen LogP contribution in [0.4, 0.5) is 4.79 Å². The van der Waals surface area contributed by atoms with Crippen LogP contribution in [-0.2, 0) is 17.8 Å². The maximum absolute atomic E-state index is 13.9. The number of nitrogens with one attached hydrogen (secondary N) is 1. The van der Waals surface area contributed by atoms with E-state index in [9.17, 15) is 9.59 Å². The molecule has 6 nitrogen and oxygen atoms in total. The average molecular weight is 485 g/mol. The molecule has 0 spiro atoms. The van der Waals surface area contributed by atoms with Crippen molar-refractivity contribution in [3.05, 3.63) is 126 Å². The highest BCUT2D eigenvalue weighted by Crippen LogP contribution is 2.44. The van der Waals surface area contributed by atoms with E-state index in [1.54, 1.807) is 11.1 Å². The van der Waals surface area contributed by atoms with Crippen LogP contribution in [0.15, 0.2) is 103 Å². The van der Waals surface area contributed by atoms with Crippen LogP contribution in [0.2, 0.25) is 0 Å². The second-order valence-electron chi connectivity index (χ2n) is 9.61. The van der Waals surface area contributed by atoms with Crippen molar-refractivity contribution in [3.8, 4) is 11.1 Å². The van der Waals surface area contributed by atoms with Gasteiger partial charge in [0.15, 0.2) is 0 Å². The van der Waals surface area contributed by atoms with Crippen LogP contribution in [0.1, 0.15) is 28.6 Å². The van der Waals surface area contributed by atoms with Gasteiger partial charge in [-0.05, 0) is 46.5 Å². The Morgan fingerprint density at radius 1 is 0.838 bits per heavy atom. The number of aromatic nitrogens is 2. The molecule has 5 aromatic rings. The Hall–Kier alpha value is -4.71. The Balaban J connectivity index is 1.37. The Labute approximate surface area is 214 Å². The van der Waals surface area contributed by atoms with Crippen molar-refractivity contribution < 1.29 is 9.59 Å². The fourth-order valence-electron chi connectivity index (χ4n) is 5.79. The minimum atomic E-state index is -0.562. The smallest absolute Gasteiger partial charge is 0.328 e. The number of nitrogens with zero attached hydrogens (tertiary/aromatic N) is 3. The van der Waals surface area contributed by atoms with Crippen LogP contribution in [0, 0.1) is 0 Å². The fourth-order valence-corrected chi connectivity index (χ4v) is 5.79. The van der Waals surface area contributed by atoms with E-state index in [0.29, 0.717) is 12.1 Å². The monoisotopic (exact) mass is 484 g/mol. The molecule has 0 aliphatic carbocycles. The molecule has 1 N–H and O–H groups in total. The van der Waals surface area contributed by atoms with Crippen LogP contribution in [0.5, 0.6) is 0 Å². The van der Waals surface area contributed by atoms with Gasteiger partial charge in [-0.25, -0.2) is 4.79 Å². The molecule has 37 heavy (non-hydrogen) atoms. The zero-order chi connectivity index (χ0) is 24.9. The summed E-state index contributed by atoms with van der Waals surface area (Å²) in [4.78, 5) is 38.7. The second kappa shape index (κ2) is 8.45. The van der Waals surface area contributed by atoms with E-state index in [2.05, 4.69) is 40.3 Å². The van der Waals surface area contributed by atoms with Gasteiger partial charge in [0.2, 0.25) is 0 Å². The van der Waals surface area contributed by atoms with Crippen LogP contribution in [0.25, 0.3) is 22.0 Å². The molecule has 1 saturated heterocycles. The van der Waals surface area contributed by atoms with E-state index in [1.807, 2.05) is 66.7 Å². The third-order valence-electron chi connectivity index (χ3n) is 7.49. The van der Waals surface area contributed by atoms with Crippen molar-refractivity contribution in [1.82, 2.24) is 19.8 Å². The molecule has 2 aliphatic heterocycles. The maximum Gasteiger partial charge on any atom is 0.328 e. The molecule has 2 aliphatic rings. The third kappa shape index (κ3) is 3.44. The molecule has 2 atom stereocenters. The van der Waals surface area contributed by atoms with Crippen LogP contribution in [0.3, 0.4) is 0 Å². The van der Waals surface area contributed by atoms with Gasteiger partial charge in [0.05, 0.1) is 12.2 Å². The van der Waals surface area contributed by atoms with Gasteiger partial charge in [0.1, 0.15) is 12.1 Å². The number of carbonyl (C=O) groups excluding carboxylic acids is 2. The summed E-state index contributed by atoms with van der Waals surface area (Å²) >= 11 is 0. The summed E-state index contributed by atoms with van der Waals surface area (Å²) in [6.45, 7) is 0.164. The van der Waals surface area contributed by atoms with Crippen molar-refractivity contribution in [2.24, 2.45) is 0 Å². The summed E-state index contributed by atoms with van der Waals surface area (Å²) in [7, 11) is 0. The quantitative estimate of drug-likeness (QED) is 0.332. The van der Waals surface area contributed by atoms with Gasteiger partial charge in [-0.1, -0.05) is 72.8 Å². The van der Waals surface area contributed by atoms with E-state index < -0.39 is 12.1 Å². The summed E-state index contributed by atoms with van der Waals surface area (Å²) in [6, 6.07) is 30.9. The molecular weight excluding hydrogens is 460 g/mol. The van der Waals surface area contributed by atoms with Crippen molar-refractivity contribution in [2.75, 3.05) is 0 Å². The zero-order valence-electron chi connectivity index (χ0n) is 20.0. The van der Waals surface area contributed by atoms with Gasteiger partial charge in [0, 0.05) is 29.2 Å². The largest absolute Gasteiger partial charge is 0.356 e. The first-order valence-corrected chi connectivity index (χ1v) is 12.5. The zero-order valence-corrected chi connectivity index (χ0v) is 20.0. The minimum Gasteiger partial charge on any atom is -0.356 e. The van der Waals surface area contributed by atoms with E-state index >= 15 is 0 Å². The van der Waals surface area contributed by atoms with E-state index in [4.69, 9.17) is 0 Å². The fraction of sp³-hybridized carbons (Fsp3) is 0.129. The number of imide groups is 1. The number of fused-ring (bicyclic) bond motifs is 4. The van der Waals surface area contributed by atoms with Crippen molar-refractivity contribution >= 4 is 22.8 Å². The van der Waals surface area contributed by atoms with Gasteiger partial charge in [-0.2, -0.15) is 0 Å². The van der Waals surface area contributed by atoms with Crippen molar-refractivity contribution in [3.63, 3.8) is 0 Å². The second-order valence-corrected chi connectivity index (χ2v) is 9.61. The Kier molecular flexibility index (Phi) is 4.92. The summed E-state index contributed by atoms with van der Waals surface area (Å²) < 4.78 is 0. The molecule has 4 heterocycles. The molecule has 0 saturated carbocycles. The molecule has 2 aromatic heterocycles. The molecule has 6 heteroatoms. The number of rotatable bonds is 4. The molecule has 1 fully saturated rings. The van der Waals surface area contributed by atoms with Gasteiger partial charge in [0.25, 0.3) is 5.91 Å². The number of para-hydroxylation sites is 1. The SMILES string of the molecule is O=C1[C@@H]2Cc3c([nH]c4ccccc34)[C@H](c3cccc(-c4ccccc4)c3)N2C(=O)N1Cc1ccccn1. The number of carbonyl (C=O) groups is 2. The number of aromatic amines is 1. The first-order chi connectivity index (χ1) is 18.2. The topological polar surface area (TPSA) is 69.3 Å². The highest BCUT2D eigenvalue weighted by molar-refractivity contribution is 6.05. The maximum atomic E-state index is 13.9. The van der Waals surface area contributed by atoms with E-state index in [0.717, 1.165) is 38.9 Å². The predicted molar refractivity (Wildman–Crippen MR) is 142 cm³/mol. The molecule has 0 unspecified atom stereocenters. The van der Waals surface area contributed by atoms with Crippen LogP contribution < -0.4 is 0 Å². The Morgan fingerprint density at radius 2 is 1.62 bits per heavy atom. The minimum absolute atomic E-state index is 0.164. The van der Waals surface area contributed by atoms with Crippen molar-refractivity contribution in [2.45, 2.75) is 25.0 Å². The number of urea groups is 1. The Morgan fingerprint density at radius 3 is 2.46 bits per heavy atom. The lowest BCUT2D eigenvalue weighted by Crippen LogP contribution is -2.44.